The summed E-state index contributed by atoms with van der Waals surface area (Å²) in [6.07, 6.45) is 0.407. The van der Waals surface area contributed by atoms with Gasteiger partial charge in [0.05, 0.1) is 11.4 Å². The number of rotatable bonds is 4. The zero-order valence-electron chi connectivity index (χ0n) is 14.8. The average Bonchev–Trinajstić information content (AvgIpc) is 2.89. The fourth-order valence-electron chi connectivity index (χ4n) is 3.44. The maximum atomic E-state index is 13.6. The molecule has 3 rings (SSSR count). The van der Waals surface area contributed by atoms with E-state index in [0.29, 0.717) is 28.6 Å². The van der Waals surface area contributed by atoms with Crippen LogP contribution in [0.4, 0.5) is 8.78 Å². The standard InChI is InChI=1S/C20H18F2N2O3/c1-3-13(19(23)26)18-10(2)24(17-7-5-12(25)9-14(17)18)20(27)11-4-6-15(21)16(22)8-11/h4-9,13,25H,3H2,1-2H3,(H2,23,26). The molecule has 0 bridgehead atoms. The molecule has 0 saturated heterocycles. The Labute approximate surface area is 154 Å². The van der Waals surface area contributed by atoms with E-state index in [1.54, 1.807) is 13.8 Å². The maximum Gasteiger partial charge on any atom is 0.262 e. The van der Waals surface area contributed by atoms with Gasteiger partial charge in [-0.1, -0.05) is 6.92 Å². The minimum absolute atomic E-state index is 0.0273. The summed E-state index contributed by atoms with van der Waals surface area (Å²) in [5, 5.41) is 10.4. The minimum Gasteiger partial charge on any atom is -0.508 e. The number of phenolic OH excluding ortho intramolecular Hbond substituents is 1. The van der Waals surface area contributed by atoms with E-state index in [0.717, 1.165) is 12.1 Å². The third-order valence-corrected chi connectivity index (χ3v) is 4.71. The van der Waals surface area contributed by atoms with Crippen LogP contribution in [0.3, 0.4) is 0 Å². The number of carbonyl (C=O) groups is 2. The maximum absolute atomic E-state index is 13.6. The number of primary amides is 1. The molecule has 0 aliphatic carbocycles. The Morgan fingerprint density at radius 2 is 1.85 bits per heavy atom. The predicted octanol–water partition coefficient (Wildman–Crippen LogP) is 3.60. The molecule has 3 N–H and O–H groups in total. The molecule has 7 heteroatoms. The summed E-state index contributed by atoms with van der Waals surface area (Å²) >= 11 is 0. The summed E-state index contributed by atoms with van der Waals surface area (Å²) in [5.41, 5.74) is 6.91. The number of aromatic hydroxyl groups is 1. The van der Waals surface area contributed by atoms with Crippen molar-refractivity contribution in [3.63, 3.8) is 0 Å². The molecular weight excluding hydrogens is 354 g/mol. The van der Waals surface area contributed by atoms with Crippen LogP contribution in [0.25, 0.3) is 10.9 Å². The van der Waals surface area contributed by atoms with E-state index in [-0.39, 0.29) is 11.3 Å². The molecular formula is C20H18F2N2O3. The number of nitrogens with zero attached hydrogens (tertiary/aromatic N) is 1. The first-order valence-electron chi connectivity index (χ1n) is 8.39. The molecule has 0 radical (unpaired) electrons. The van der Waals surface area contributed by atoms with Crippen LogP contribution in [0.1, 0.15) is 40.9 Å². The molecule has 5 nitrogen and oxygen atoms in total. The van der Waals surface area contributed by atoms with E-state index in [1.807, 2.05) is 0 Å². The van der Waals surface area contributed by atoms with Crippen molar-refractivity contribution in [2.45, 2.75) is 26.2 Å². The van der Waals surface area contributed by atoms with Crippen LogP contribution in [-0.4, -0.2) is 21.5 Å². The summed E-state index contributed by atoms with van der Waals surface area (Å²) in [5.74, 6) is -3.99. The van der Waals surface area contributed by atoms with Gasteiger partial charge in [-0.05, 0) is 55.3 Å². The highest BCUT2D eigenvalue weighted by Crippen LogP contribution is 2.35. The first-order chi connectivity index (χ1) is 12.8. The Morgan fingerprint density at radius 1 is 1.15 bits per heavy atom. The highest BCUT2D eigenvalue weighted by molar-refractivity contribution is 6.05. The summed E-state index contributed by atoms with van der Waals surface area (Å²) in [6, 6.07) is 7.30. The van der Waals surface area contributed by atoms with Crippen LogP contribution in [-0.2, 0) is 4.79 Å². The first-order valence-corrected chi connectivity index (χ1v) is 8.39. The largest absolute Gasteiger partial charge is 0.508 e. The van der Waals surface area contributed by atoms with Crippen LogP contribution >= 0.6 is 0 Å². The quantitative estimate of drug-likeness (QED) is 0.734. The van der Waals surface area contributed by atoms with Crippen molar-refractivity contribution >= 4 is 22.7 Å². The van der Waals surface area contributed by atoms with Gasteiger partial charge < -0.3 is 10.8 Å². The van der Waals surface area contributed by atoms with Gasteiger partial charge in [-0.15, -0.1) is 0 Å². The monoisotopic (exact) mass is 372 g/mol. The summed E-state index contributed by atoms with van der Waals surface area (Å²) in [4.78, 5) is 24.9. The van der Waals surface area contributed by atoms with Crippen LogP contribution in [0.2, 0.25) is 0 Å². The van der Waals surface area contributed by atoms with Gasteiger partial charge in [-0.3, -0.25) is 14.2 Å². The van der Waals surface area contributed by atoms with E-state index in [4.69, 9.17) is 5.73 Å². The van der Waals surface area contributed by atoms with E-state index in [2.05, 4.69) is 0 Å². The number of nitrogens with two attached hydrogens (primary N) is 1. The van der Waals surface area contributed by atoms with Crippen molar-refractivity contribution < 1.29 is 23.5 Å². The van der Waals surface area contributed by atoms with Gasteiger partial charge in [-0.2, -0.15) is 0 Å². The SMILES string of the molecule is CCC(C(N)=O)c1c(C)n(C(=O)c2ccc(F)c(F)c2)c2ccc(O)cc12. The normalized spacial score (nSPS) is 12.3. The second kappa shape index (κ2) is 6.83. The number of hydrogen-bond donors (Lipinski definition) is 2. The van der Waals surface area contributed by atoms with E-state index >= 15 is 0 Å². The molecule has 27 heavy (non-hydrogen) atoms. The zero-order valence-corrected chi connectivity index (χ0v) is 14.8. The number of amides is 1. The number of aromatic nitrogens is 1. The Bertz CT molecular complexity index is 1070. The molecule has 1 heterocycles. The van der Waals surface area contributed by atoms with Crippen molar-refractivity contribution in [2.75, 3.05) is 0 Å². The highest BCUT2D eigenvalue weighted by Gasteiger charge is 2.27. The van der Waals surface area contributed by atoms with Crippen molar-refractivity contribution in [2.24, 2.45) is 5.73 Å². The lowest BCUT2D eigenvalue weighted by Gasteiger charge is -2.12. The lowest BCUT2D eigenvalue weighted by atomic mass is 9.93. The lowest BCUT2D eigenvalue weighted by Crippen LogP contribution is -2.22. The summed E-state index contributed by atoms with van der Waals surface area (Å²) in [6.45, 7) is 3.44. The van der Waals surface area contributed by atoms with E-state index in [9.17, 15) is 23.5 Å². The smallest absolute Gasteiger partial charge is 0.262 e. The topological polar surface area (TPSA) is 85.3 Å². The van der Waals surface area contributed by atoms with Gasteiger partial charge >= 0.3 is 0 Å². The summed E-state index contributed by atoms with van der Waals surface area (Å²) < 4.78 is 28.1. The molecule has 1 atom stereocenters. The second-order valence-corrected chi connectivity index (χ2v) is 6.33. The second-order valence-electron chi connectivity index (χ2n) is 6.33. The number of carbonyl (C=O) groups excluding carboxylic acids is 2. The predicted molar refractivity (Wildman–Crippen MR) is 96.7 cm³/mol. The first kappa shape index (κ1) is 18.6. The minimum atomic E-state index is -1.13. The molecule has 1 aromatic heterocycles. The Morgan fingerprint density at radius 3 is 2.44 bits per heavy atom. The van der Waals surface area contributed by atoms with Crippen molar-refractivity contribution in [1.82, 2.24) is 4.57 Å². The van der Waals surface area contributed by atoms with E-state index < -0.39 is 29.4 Å². The molecule has 1 unspecified atom stereocenters. The van der Waals surface area contributed by atoms with Gasteiger partial charge in [0, 0.05) is 16.6 Å². The van der Waals surface area contributed by atoms with Gasteiger partial charge in [0.2, 0.25) is 5.91 Å². The lowest BCUT2D eigenvalue weighted by molar-refractivity contribution is -0.119. The number of fused-ring (bicyclic) bond motifs is 1. The Balaban J connectivity index is 2.30. The van der Waals surface area contributed by atoms with Crippen molar-refractivity contribution in [3.05, 3.63) is 64.9 Å². The third kappa shape index (κ3) is 3.05. The molecule has 0 aliphatic heterocycles. The zero-order chi connectivity index (χ0) is 19.9. The third-order valence-electron chi connectivity index (χ3n) is 4.71. The van der Waals surface area contributed by atoms with Crippen LogP contribution in [0.15, 0.2) is 36.4 Å². The molecule has 1 amide bonds. The van der Waals surface area contributed by atoms with Crippen LogP contribution in [0.5, 0.6) is 5.75 Å². The molecule has 3 aromatic rings. The fourth-order valence-corrected chi connectivity index (χ4v) is 3.44. The van der Waals surface area contributed by atoms with Crippen molar-refractivity contribution in [3.8, 4) is 5.75 Å². The molecule has 0 aliphatic rings. The van der Waals surface area contributed by atoms with Crippen LogP contribution < -0.4 is 5.73 Å². The van der Waals surface area contributed by atoms with Gasteiger partial charge in [0.25, 0.3) is 5.91 Å². The molecule has 0 fully saturated rings. The van der Waals surface area contributed by atoms with E-state index in [1.165, 1.54) is 28.8 Å². The molecule has 0 saturated carbocycles. The summed E-state index contributed by atoms with van der Waals surface area (Å²) in [7, 11) is 0. The van der Waals surface area contributed by atoms with Gasteiger partial charge in [-0.25, -0.2) is 8.78 Å². The molecule has 140 valence electrons. The van der Waals surface area contributed by atoms with Gasteiger partial charge in [0.15, 0.2) is 11.6 Å². The molecule has 2 aromatic carbocycles. The molecule has 0 spiro atoms. The average molecular weight is 372 g/mol. The number of hydrogen-bond acceptors (Lipinski definition) is 3. The number of halogens is 2. The van der Waals surface area contributed by atoms with Crippen LogP contribution in [0, 0.1) is 18.6 Å². The van der Waals surface area contributed by atoms with Gasteiger partial charge in [0.1, 0.15) is 5.75 Å². The Kier molecular flexibility index (Phi) is 4.70. The highest BCUT2D eigenvalue weighted by atomic mass is 19.2. The number of phenols is 1. The Hall–Kier alpha value is -3.22. The fraction of sp³-hybridized carbons (Fsp3) is 0.200. The number of benzene rings is 2. The van der Waals surface area contributed by atoms with Crippen molar-refractivity contribution in [1.29, 1.82) is 0 Å².